The molecule has 1 heterocycles. The minimum atomic E-state index is 0.0122. The highest BCUT2D eigenvalue weighted by Crippen LogP contribution is 2.25. The summed E-state index contributed by atoms with van der Waals surface area (Å²) in [7, 11) is 3.52. The fourth-order valence-electron chi connectivity index (χ4n) is 2.03. The van der Waals surface area contributed by atoms with Crippen molar-refractivity contribution in [3.63, 3.8) is 0 Å². The number of hydrogen-bond acceptors (Lipinski definition) is 5. The van der Waals surface area contributed by atoms with E-state index in [2.05, 4.69) is 5.32 Å². The molecule has 0 unspecified atom stereocenters. The summed E-state index contributed by atoms with van der Waals surface area (Å²) < 4.78 is 10.9. The van der Waals surface area contributed by atoms with Gasteiger partial charge in [0.15, 0.2) is 11.5 Å². The number of nitrogens with one attached hydrogen (secondary N) is 1. The van der Waals surface area contributed by atoms with E-state index in [-0.39, 0.29) is 5.91 Å². The second-order valence-electron chi connectivity index (χ2n) is 5.09. The third-order valence-electron chi connectivity index (χ3n) is 3.25. The first-order valence-electron chi connectivity index (χ1n) is 7.42. The minimum absolute atomic E-state index is 0.0122. The molecule has 1 aromatic heterocycles. The van der Waals surface area contributed by atoms with E-state index >= 15 is 0 Å². The summed E-state index contributed by atoms with van der Waals surface area (Å²) in [5, 5.41) is 4.91. The second-order valence-corrected chi connectivity index (χ2v) is 6.13. The molecule has 2 aromatic rings. The molecule has 5 nitrogen and oxygen atoms in total. The van der Waals surface area contributed by atoms with Crippen LogP contribution in [-0.4, -0.2) is 44.7 Å². The van der Waals surface area contributed by atoms with E-state index in [9.17, 15) is 4.79 Å². The van der Waals surface area contributed by atoms with E-state index in [1.807, 2.05) is 53.7 Å². The molecule has 0 aliphatic heterocycles. The first kappa shape index (κ1) is 17.3. The summed E-state index contributed by atoms with van der Waals surface area (Å²) in [6, 6.07) is 11.5. The minimum Gasteiger partial charge on any atom is -0.493 e. The number of likely N-dealkylation sites (N-methyl/N-ethyl adjacent to an activating group) is 1. The summed E-state index contributed by atoms with van der Waals surface area (Å²) in [5.41, 5.74) is 0. The third kappa shape index (κ3) is 5.92. The number of rotatable bonds is 9. The molecule has 0 radical (unpaired) electrons. The van der Waals surface area contributed by atoms with Crippen molar-refractivity contribution in [2.75, 3.05) is 33.9 Å². The molecular weight excluding hydrogens is 312 g/mol. The van der Waals surface area contributed by atoms with Gasteiger partial charge in [-0.3, -0.25) is 9.69 Å². The standard InChI is InChI=1S/C17H22N2O3S/c1-19(13-17(20)18-12-14-6-5-11-23-14)9-10-22-16-8-4-3-7-15(16)21-2/h3-8,11H,9-10,12-13H2,1-2H3,(H,18,20). The van der Waals surface area contributed by atoms with E-state index < -0.39 is 0 Å². The van der Waals surface area contributed by atoms with E-state index in [0.717, 1.165) is 4.88 Å². The number of methoxy groups -OCH3 is 1. The van der Waals surface area contributed by atoms with Crippen LogP contribution in [-0.2, 0) is 11.3 Å². The molecule has 1 N–H and O–H groups in total. The van der Waals surface area contributed by atoms with Crippen LogP contribution >= 0.6 is 11.3 Å². The Morgan fingerprint density at radius 1 is 1.22 bits per heavy atom. The highest BCUT2D eigenvalue weighted by Gasteiger charge is 2.08. The lowest BCUT2D eigenvalue weighted by Gasteiger charge is -2.17. The molecule has 2 rings (SSSR count). The lowest BCUT2D eigenvalue weighted by molar-refractivity contribution is -0.122. The van der Waals surface area contributed by atoms with Gasteiger partial charge in [-0.25, -0.2) is 0 Å². The summed E-state index contributed by atoms with van der Waals surface area (Å²) in [5.74, 6) is 1.44. The maximum atomic E-state index is 11.9. The Morgan fingerprint density at radius 3 is 2.70 bits per heavy atom. The Morgan fingerprint density at radius 2 is 2.00 bits per heavy atom. The molecule has 0 fully saturated rings. The summed E-state index contributed by atoms with van der Waals surface area (Å²) in [4.78, 5) is 15.0. The molecule has 0 aliphatic carbocycles. The van der Waals surface area contributed by atoms with Gasteiger partial charge in [-0.2, -0.15) is 0 Å². The first-order chi connectivity index (χ1) is 11.2. The Hall–Kier alpha value is -2.05. The van der Waals surface area contributed by atoms with Crippen molar-refractivity contribution in [1.82, 2.24) is 10.2 Å². The predicted octanol–water partition coefficient (Wildman–Crippen LogP) is 2.38. The van der Waals surface area contributed by atoms with Crippen molar-refractivity contribution in [3.8, 4) is 11.5 Å². The SMILES string of the molecule is COc1ccccc1OCCN(C)CC(=O)NCc1cccs1. The zero-order valence-corrected chi connectivity index (χ0v) is 14.3. The zero-order chi connectivity index (χ0) is 16.5. The molecule has 0 saturated heterocycles. The number of thiophene rings is 1. The number of carbonyl (C=O) groups is 1. The normalized spacial score (nSPS) is 10.6. The van der Waals surface area contributed by atoms with E-state index in [1.54, 1.807) is 18.4 Å². The van der Waals surface area contributed by atoms with E-state index in [1.165, 1.54) is 0 Å². The van der Waals surface area contributed by atoms with Gasteiger partial charge in [0.2, 0.25) is 5.91 Å². The van der Waals surface area contributed by atoms with E-state index in [4.69, 9.17) is 9.47 Å². The third-order valence-corrected chi connectivity index (χ3v) is 4.13. The number of hydrogen-bond donors (Lipinski definition) is 1. The fourth-order valence-corrected chi connectivity index (χ4v) is 2.67. The quantitative estimate of drug-likeness (QED) is 0.765. The lowest BCUT2D eigenvalue weighted by Crippen LogP contribution is -2.36. The van der Waals surface area contributed by atoms with Gasteiger partial charge in [0.1, 0.15) is 6.61 Å². The first-order valence-corrected chi connectivity index (χ1v) is 8.30. The maximum absolute atomic E-state index is 11.9. The smallest absolute Gasteiger partial charge is 0.234 e. The summed E-state index contributed by atoms with van der Waals surface area (Å²) in [6.45, 7) is 2.09. The van der Waals surface area contributed by atoms with Gasteiger partial charge >= 0.3 is 0 Å². The largest absolute Gasteiger partial charge is 0.493 e. The summed E-state index contributed by atoms with van der Waals surface area (Å²) in [6.07, 6.45) is 0. The molecule has 0 spiro atoms. The van der Waals surface area contributed by atoms with Crippen LogP contribution in [0, 0.1) is 0 Å². The Labute approximate surface area is 140 Å². The maximum Gasteiger partial charge on any atom is 0.234 e. The number of amides is 1. The molecule has 23 heavy (non-hydrogen) atoms. The molecule has 0 bridgehead atoms. The van der Waals surface area contributed by atoms with Gasteiger partial charge in [-0.1, -0.05) is 18.2 Å². The molecule has 0 saturated carbocycles. The van der Waals surface area contributed by atoms with Crippen LogP contribution < -0.4 is 14.8 Å². The van der Waals surface area contributed by atoms with Crippen LogP contribution in [0.25, 0.3) is 0 Å². The van der Waals surface area contributed by atoms with Crippen molar-refractivity contribution in [2.45, 2.75) is 6.54 Å². The van der Waals surface area contributed by atoms with E-state index in [0.29, 0.717) is 37.7 Å². The predicted molar refractivity (Wildman–Crippen MR) is 92.2 cm³/mol. The van der Waals surface area contributed by atoms with Crippen molar-refractivity contribution >= 4 is 17.2 Å². The Balaban J connectivity index is 1.66. The van der Waals surface area contributed by atoms with Crippen molar-refractivity contribution in [2.24, 2.45) is 0 Å². The molecule has 124 valence electrons. The van der Waals surface area contributed by atoms with Crippen LogP contribution in [0.1, 0.15) is 4.88 Å². The summed E-state index contributed by atoms with van der Waals surface area (Å²) >= 11 is 1.64. The van der Waals surface area contributed by atoms with Gasteiger partial charge < -0.3 is 14.8 Å². The average molecular weight is 334 g/mol. The van der Waals surface area contributed by atoms with Crippen molar-refractivity contribution in [3.05, 3.63) is 46.7 Å². The van der Waals surface area contributed by atoms with Gasteiger partial charge in [0.05, 0.1) is 20.2 Å². The molecular formula is C17H22N2O3S. The van der Waals surface area contributed by atoms with Crippen LogP contribution in [0.15, 0.2) is 41.8 Å². The molecule has 0 atom stereocenters. The number of ether oxygens (including phenoxy) is 2. The second kappa shape index (κ2) is 9.17. The number of nitrogens with zero attached hydrogens (tertiary/aromatic N) is 1. The van der Waals surface area contributed by atoms with Crippen molar-refractivity contribution in [1.29, 1.82) is 0 Å². The Kier molecular flexibility index (Phi) is 6.90. The Bertz CT molecular complexity index is 602. The molecule has 0 aliphatic rings. The number of para-hydroxylation sites is 2. The molecule has 1 aromatic carbocycles. The van der Waals surface area contributed by atoms with Crippen LogP contribution in [0.2, 0.25) is 0 Å². The highest BCUT2D eigenvalue weighted by molar-refractivity contribution is 7.09. The van der Waals surface area contributed by atoms with Crippen LogP contribution in [0.3, 0.4) is 0 Å². The number of carbonyl (C=O) groups excluding carboxylic acids is 1. The van der Waals surface area contributed by atoms with Gasteiger partial charge in [0, 0.05) is 11.4 Å². The average Bonchev–Trinajstić information content (AvgIpc) is 3.07. The fraction of sp³-hybridized carbons (Fsp3) is 0.353. The molecule has 6 heteroatoms. The molecule has 1 amide bonds. The van der Waals surface area contributed by atoms with Crippen LogP contribution in [0.5, 0.6) is 11.5 Å². The zero-order valence-electron chi connectivity index (χ0n) is 13.5. The van der Waals surface area contributed by atoms with Gasteiger partial charge in [-0.05, 0) is 30.6 Å². The topological polar surface area (TPSA) is 50.8 Å². The monoisotopic (exact) mass is 334 g/mol. The van der Waals surface area contributed by atoms with Crippen LogP contribution in [0.4, 0.5) is 0 Å². The van der Waals surface area contributed by atoms with Crippen molar-refractivity contribution < 1.29 is 14.3 Å². The van der Waals surface area contributed by atoms with Gasteiger partial charge in [-0.15, -0.1) is 11.3 Å². The highest BCUT2D eigenvalue weighted by atomic mass is 32.1. The van der Waals surface area contributed by atoms with Gasteiger partial charge in [0.25, 0.3) is 0 Å². The lowest BCUT2D eigenvalue weighted by atomic mass is 10.3. The number of benzene rings is 1.